The Morgan fingerprint density at radius 2 is 1.68 bits per heavy atom. The summed E-state index contributed by atoms with van der Waals surface area (Å²) in [5.74, 6) is -1.03. The molecule has 3 saturated heterocycles. The second-order valence-electron chi connectivity index (χ2n) is 14.3. The van der Waals surface area contributed by atoms with Gasteiger partial charge in [0.05, 0.1) is 28.8 Å². The number of nitrogens with one attached hydrogen (secondary N) is 3. The lowest BCUT2D eigenvalue weighted by Crippen LogP contribution is -2.49. The Morgan fingerprint density at radius 3 is 2.35 bits per heavy atom. The lowest BCUT2D eigenvalue weighted by atomic mass is 10.0. The van der Waals surface area contributed by atoms with E-state index in [1.54, 1.807) is 61.2 Å². The molecule has 0 spiro atoms. The molecule has 302 valence electrons. The van der Waals surface area contributed by atoms with Gasteiger partial charge in [0, 0.05) is 66.9 Å². The van der Waals surface area contributed by atoms with Crippen LogP contribution in [0.15, 0.2) is 54.6 Å². The topological polar surface area (TPSA) is 150 Å². The van der Waals surface area contributed by atoms with Crippen LogP contribution in [0, 0.1) is 11.3 Å². The number of halogens is 5. The molecule has 3 heterocycles. The minimum absolute atomic E-state index is 0.0497. The summed E-state index contributed by atoms with van der Waals surface area (Å²) < 4.78 is 47.2. The molecule has 19 heteroatoms. The van der Waals surface area contributed by atoms with E-state index < -0.39 is 46.2 Å². The van der Waals surface area contributed by atoms with Gasteiger partial charge in [-0.2, -0.15) is 18.4 Å². The van der Waals surface area contributed by atoms with Gasteiger partial charge in [-0.15, -0.1) is 12.6 Å². The van der Waals surface area contributed by atoms with Crippen molar-refractivity contribution in [3.8, 4) is 11.8 Å². The first kappa shape index (κ1) is 41.9. The molecule has 3 N–H and O–H groups in total. The summed E-state index contributed by atoms with van der Waals surface area (Å²) in [6.07, 6.45) is -4.22. The lowest BCUT2D eigenvalue weighted by molar-refractivity contribution is -0.138. The maximum absolute atomic E-state index is 13.7. The molecule has 3 aliphatic heterocycles. The van der Waals surface area contributed by atoms with Crippen LogP contribution >= 0.6 is 35.8 Å². The van der Waals surface area contributed by atoms with Crippen molar-refractivity contribution in [3.63, 3.8) is 0 Å². The van der Waals surface area contributed by atoms with Crippen molar-refractivity contribution in [3.05, 3.63) is 75.8 Å². The molecule has 0 bridgehead atoms. The van der Waals surface area contributed by atoms with Crippen LogP contribution in [0.4, 0.5) is 35.9 Å². The van der Waals surface area contributed by atoms with Gasteiger partial charge >= 0.3 is 6.18 Å². The van der Waals surface area contributed by atoms with Gasteiger partial charge < -0.3 is 20.3 Å². The number of alkyl halides is 3. The largest absolute Gasteiger partial charge is 0.491 e. The van der Waals surface area contributed by atoms with Gasteiger partial charge in [-0.3, -0.25) is 39.2 Å². The fourth-order valence-corrected chi connectivity index (χ4v) is 8.15. The molecule has 57 heavy (non-hydrogen) atoms. The van der Waals surface area contributed by atoms with E-state index in [9.17, 15) is 37.6 Å². The van der Waals surface area contributed by atoms with Gasteiger partial charge in [0.15, 0.2) is 5.50 Å². The van der Waals surface area contributed by atoms with Crippen LogP contribution in [-0.4, -0.2) is 96.4 Å². The third-order valence-corrected chi connectivity index (χ3v) is 10.9. The Bertz CT molecular complexity index is 2110. The molecule has 2 atom stereocenters. The molecule has 0 radical (unpaired) electrons. The molecule has 0 aliphatic carbocycles. The van der Waals surface area contributed by atoms with Crippen LogP contribution < -0.4 is 30.5 Å². The quantitative estimate of drug-likeness (QED) is 0.142. The van der Waals surface area contributed by atoms with Crippen LogP contribution in [0.3, 0.4) is 0 Å². The summed E-state index contributed by atoms with van der Waals surface area (Å²) in [6, 6.07) is 14.0. The average molecular weight is 848 g/mol. The van der Waals surface area contributed by atoms with Crippen molar-refractivity contribution in [2.24, 2.45) is 0 Å². The molecule has 0 saturated carbocycles. The van der Waals surface area contributed by atoms with E-state index in [0.717, 1.165) is 17.0 Å². The number of hydrogen-bond donors (Lipinski definition) is 4. The number of rotatable bonds is 11. The zero-order valence-corrected chi connectivity index (χ0v) is 33.2. The number of piperidine rings is 1. The van der Waals surface area contributed by atoms with E-state index >= 15 is 0 Å². The fourth-order valence-electron chi connectivity index (χ4n) is 7.02. The predicted molar refractivity (Wildman–Crippen MR) is 213 cm³/mol. The van der Waals surface area contributed by atoms with Crippen LogP contribution in [0.25, 0.3) is 0 Å². The predicted octanol–water partition coefficient (Wildman–Crippen LogP) is 5.58. The molecular weight excluding hydrogens is 808 g/mol. The van der Waals surface area contributed by atoms with E-state index in [1.807, 2.05) is 4.90 Å². The van der Waals surface area contributed by atoms with Gasteiger partial charge in [0.1, 0.15) is 23.9 Å². The number of anilines is 4. The molecule has 3 aliphatic rings. The third-order valence-electron chi connectivity index (χ3n) is 9.97. The summed E-state index contributed by atoms with van der Waals surface area (Å²) in [5, 5.41) is 18.1. The average Bonchev–Trinajstić information content (AvgIpc) is 3.31. The minimum Gasteiger partial charge on any atom is -0.491 e. The lowest BCUT2D eigenvalue weighted by Gasteiger charge is -2.34. The van der Waals surface area contributed by atoms with Gasteiger partial charge in [0.2, 0.25) is 17.7 Å². The SMILES string of the molecule is CC1(C)C(=O)N(c2ccc(C#N)c(C(F)(F)F)c2)C(S)N1c1ccc(OCCN2CCN(CC(=O)Nc3cc(Cl)cc(NC4CCC(=O)NC4=O)c3)CC2)c(Cl)c1. The number of amides is 4. The number of benzene rings is 3. The Balaban J connectivity index is 0.981. The number of hydrogen-bond acceptors (Lipinski definition) is 11. The van der Waals surface area contributed by atoms with Gasteiger partial charge in [-0.05, 0) is 74.9 Å². The van der Waals surface area contributed by atoms with E-state index in [-0.39, 0.29) is 35.5 Å². The summed E-state index contributed by atoms with van der Waals surface area (Å²) in [4.78, 5) is 57.2. The smallest absolute Gasteiger partial charge is 0.417 e. The van der Waals surface area contributed by atoms with Crippen LogP contribution in [0.5, 0.6) is 5.75 Å². The van der Waals surface area contributed by atoms with Crippen molar-refractivity contribution >= 4 is 82.2 Å². The first-order chi connectivity index (χ1) is 26.9. The number of carbonyl (C=O) groups is 4. The second kappa shape index (κ2) is 17.0. The van der Waals surface area contributed by atoms with Gasteiger partial charge in [0.25, 0.3) is 5.91 Å². The number of imide groups is 1. The molecule has 6 rings (SSSR count). The number of thiol groups is 1. The molecule has 4 amide bonds. The first-order valence-corrected chi connectivity index (χ1v) is 19.2. The number of nitriles is 1. The minimum atomic E-state index is -4.80. The summed E-state index contributed by atoms with van der Waals surface area (Å²) in [6.45, 7) is 7.04. The Morgan fingerprint density at radius 1 is 1.00 bits per heavy atom. The van der Waals surface area contributed by atoms with Gasteiger partial charge in [-0.1, -0.05) is 23.2 Å². The Kier molecular flexibility index (Phi) is 12.5. The normalized spacial score (nSPS) is 20.3. The zero-order chi connectivity index (χ0) is 41.2. The molecular formula is C38H39Cl2F3N8O5S. The zero-order valence-electron chi connectivity index (χ0n) is 30.8. The van der Waals surface area contributed by atoms with Gasteiger partial charge in [-0.25, -0.2) is 0 Å². The molecule has 2 unspecified atom stereocenters. The summed E-state index contributed by atoms with van der Waals surface area (Å²) >= 11 is 17.6. The van der Waals surface area contributed by atoms with E-state index in [2.05, 4.69) is 33.5 Å². The van der Waals surface area contributed by atoms with Crippen molar-refractivity contribution in [1.29, 1.82) is 5.26 Å². The number of carbonyl (C=O) groups excluding carboxylic acids is 4. The van der Waals surface area contributed by atoms with E-state index in [0.29, 0.717) is 73.6 Å². The first-order valence-electron chi connectivity index (χ1n) is 17.9. The van der Waals surface area contributed by atoms with E-state index in [1.165, 1.54) is 6.07 Å². The van der Waals surface area contributed by atoms with Crippen LogP contribution in [-0.2, 0) is 25.4 Å². The number of ether oxygens (including phenoxy) is 1. The molecule has 3 fully saturated rings. The molecule has 13 nitrogen and oxygen atoms in total. The van der Waals surface area contributed by atoms with Crippen molar-refractivity contribution in [2.45, 2.75) is 49.9 Å². The Hall–Kier alpha value is -4.73. The standard InChI is InChI=1S/C38H39Cl2F3N8O5S/c1-37(2)35(55)50(26-4-3-22(20-44)28(18-26)38(41,42)43)36(57)51(37)27-5-7-31(29(40)19-27)56-14-13-48-9-11-49(12-10-48)21-33(53)46-25-16-23(39)15-24(17-25)45-30-6-8-32(52)47-34(30)54/h3-5,7,15-19,30,36,45,57H,6,8-14,21H2,1-2H3,(H,46,53)(H,47,52,54). The molecule has 3 aromatic rings. The monoisotopic (exact) mass is 846 g/mol. The maximum atomic E-state index is 13.7. The van der Waals surface area contributed by atoms with Crippen LogP contribution in [0.2, 0.25) is 10.0 Å². The third kappa shape index (κ3) is 9.53. The van der Waals surface area contributed by atoms with Crippen molar-refractivity contribution in [1.82, 2.24) is 15.1 Å². The number of nitrogens with zero attached hydrogens (tertiary/aromatic N) is 5. The van der Waals surface area contributed by atoms with E-state index in [4.69, 9.17) is 27.9 Å². The molecule has 3 aromatic carbocycles. The highest BCUT2D eigenvalue weighted by Gasteiger charge is 2.52. The maximum Gasteiger partial charge on any atom is 0.417 e. The second-order valence-corrected chi connectivity index (χ2v) is 15.6. The highest BCUT2D eigenvalue weighted by Crippen LogP contribution is 2.43. The number of piperazine rings is 1. The summed E-state index contributed by atoms with van der Waals surface area (Å²) in [7, 11) is 0. The molecule has 0 aromatic heterocycles. The highest BCUT2D eigenvalue weighted by atomic mass is 35.5. The van der Waals surface area contributed by atoms with Crippen molar-refractivity contribution in [2.75, 3.05) is 66.3 Å². The fraction of sp³-hybridized carbons (Fsp3) is 0.395. The van der Waals surface area contributed by atoms with Crippen LogP contribution in [0.1, 0.15) is 37.8 Å². The highest BCUT2D eigenvalue weighted by molar-refractivity contribution is 7.81. The van der Waals surface area contributed by atoms with Crippen molar-refractivity contribution < 1.29 is 37.1 Å². The Labute approximate surface area is 342 Å². The summed E-state index contributed by atoms with van der Waals surface area (Å²) in [5.41, 5.74) is -2.44.